The number of nitrogens with zero attached hydrogens (tertiary/aromatic N) is 3. The van der Waals surface area contributed by atoms with Gasteiger partial charge in [0.15, 0.2) is 5.16 Å². The third-order valence-electron chi connectivity index (χ3n) is 2.48. The van der Waals surface area contributed by atoms with E-state index in [0.29, 0.717) is 10.7 Å². The number of nitrogens with two attached hydrogens (primary N) is 1. The topological polar surface area (TPSA) is 104 Å². The maximum atomic E-state index is 11.0. The summed E-state index contributed by atoms with van der Waals surface area (Å²) < 4.78 is 5.54. The van der Waals surface area contributed by atoms with Crippen LogP contribution in [0.3, 0.4) is 0 Å². The number of nitrogen functional groups attached to an aromatic ring is 1. The number of ether oxygens (including phenoxy) is 1. The second-order valence-electron chi connectivity index (χ2n) is 3.90. The van der Waals surface area contributed by atoms with Crippen LogP contribution in [-0.4, -0.2) is 21.1 Å². The summed E-state index contributed by atoms with van der Waals surface area (Å²) in [6, 6.07) is 6.13. The second-order valence-corrected chi connectivity index (χ2v) is 4.67. The number of para-hydroxylation sites is 1. The quantitative estimate of drug-likeness (QED) is 0.400. The van der Waals surface area contributed by atoms with Crippen molar-refractivity contribution in [1.29, 1.82) is 0 Å². The summed E-state index contributed by atoms with van der Waals surface area (Å²) in [4.78, 5) is 18.6. The molecule has 2 N–H and O–H groups in total. The van der Waals surface area contributed by atoms with Crippen LogP contribution in [0.5, 0.6) is 11.6 Å². The van der Waals surface area contributed by atoms with Gasteiger partial charge in [0.05, 0.1) is 4.92 Å². The Morgan fingerprint density at radius 2 is 2.15 bits per heavy atom. The summed E-state index contributed by atoms with van der Waals surface area (Å²) in [5, 5.41) is 11.5. The standard InChI is InChI=1S/C12H12N4O3S/c1-7-4-3-5-8(16(17)18)11(7)19-10-6-9(13)14-12(15-10)20-2/h3-6H,1-2H3,(H2,13,14,15). The largest absolute Gasteiger partial charge is 0.431 e. The summed E-state index contributed by atoms with van der Waals surface area (Å²) in [5.74, 6) is 0.581. The van der Waals surface area contributed by atoms with Crippen LogP contribution in [0.1, 0.15) is 5.56 Å². The molecule has 0 amide bonds. The average molecular weight is 292 g/mol. The van der Waals surface area contributed by atoms with Gasteiger partial charge in [-0.15, -0.1) is 0 Å². The number of hydrogen-bond acceptors (Lipinski definition) is 7. The van der Waals surface area contributed by atoms with Gasteiger partial charge in [-0.05, 0) is 18.7 Å². The molecule has 0 aliphatic carbocycles. The Bertz CT molecular complexity index is 663. The van der Waals surface area contributed by atoms with Crippen molar-refractivity contribution in [2.75, 3.05) is 12.0 Å². The zero-order chi connectivity index (χ0) is 14.7. The first-order valence-corrected chi connectivity index (χ1v) is 6.84. The first-order valence-electron chi connectivity index (χ1n) is 5.61. The van der Waals surface area contributed by atoms with E-state index in [2.05, 4.69) is 9.97 Å². The molecule has 104 valence electrons. The summed E-state index contributed by atoms with van der Waals surface area (Å²) in [7, 11) is 0. The van der Waals surface area contributed by atoms with Crippen molar-refractivity contribution in [3.8, 4) is 11.6 Å². The molecule has 0 unspecified atom stereocenters. The van der Waals surface area contributed by atoms with Crippen molar-refractivity contribution in [3.63, 3.8) is 0 Å². The molecule has 1 aromatic carbocycles. The van der Waals surface area contributed by atoms with Crippen LogP contribution < -0.4 is 10.5 Å². The van der Waals surface area contributed by atoms with Crippen molar-refractivity contribution in [3.05, 3.63) is 39.9 Å². The molecule has 0 aliphatic rings. The van der Waals surface area contributed by atoms with Crippen LogP contribution in [-0.2, 0) is 0 Å². The molecule has 1 aromatic heterocycles. The van der Waals surface area contributed by atoms with Crippen LogP contribution in [0.2, 0.25) is 0 Å². The molecule has 0 fully saturated rings. The van der Waals surface area contributed by atoms with Crippen LogP contribution in [0, 0.1) is 17.0 Å². The van der Waals surface area contributed by atoms with Crippen LogP contribution in [0.25, 0.3) is 0 Å². The molecule has 0 atom stereocenters. The highest BCUT2D eigenvalue weighted by molar-refractivity contribution is 7.98. The van der Waals surface area contributed by atoms with Gasteiger partial charge < -0.3 is 10.5 Å². The molecule has 0 saturated heterocycles. The van der Waals surface area contributed by atoms with E-state index in [0.717, 1.165) is 0 Å². The van der Waals surface area contributed by atoms with Gasteiger partial charge in [0.1, 0.15) is 5.82 Å². The predicted octanol–water partition coefficient (Wildman–Crippen LogP) is 2.79. The Morgan fingerprint density at radius 1 is 1.40 bits per heavy atom. The van der Waals surface area contributed by atoms with Gasteiger partial charge in [-0.3, -0.25) is 10.1 Å². The number of aromatic nitrogens is 2. The fourth-order valence-electron chi connectivity index (χ4n) is 1.58. The van der Waals surface area contributed by atoms with E-state index in [4.69, 9.17) is 10.5 Å². The SMILES string of the molecule is CSc1nc(N)cc(Oc2c(C)cccc2[N+](=O)[O-])n1. The van der Waals surface area contributed by atoms with Gasteiger partial charge in [0.2, 0.25) is 11.6 Å². The number of hydrogen-bond donors (Lipinski definition) is 1. The molecule has 0 radical (unpaired) electrons. The molecule has 0 saturated carbocycles. The van der Waals surface area contributed by atoms with E-state index in [1.165, 1.54) is 23.9 Å². The monoisotopic (exact) mass is 292 g/mol. The lowest BCUT2D eigenvalue weighted by Crippen LogP contribution is -2.00. The zero-order valence-electron chi connectivity index (χ0n) is 10.9. The molecule has 20 heavy (non-hydrogen) atoms. The normalized spacial score (nSPS) is 10.3. The molecule has 0 bridgehead atoms. The number of anilines is 1. The van der Waals surface area contributed by atoms with Gasteiger partial charge in [-0.2, -0.15) is 4.98 Å². The van der Waals surface area contributed by atoms with Crippen molar-refractivity contribution >= 4 is 23.3 Å². The van der Waals surface area contributed by atoms with Gasteiger partial charge in [0.25, 0.3) is 0 Å². The highest BCUT2D eigenvalue weighted by Gasteiger charge is 2.18. The van der Waals surface area contributed by atoms with E-state index in [1.54, 1.807) is 25.3 Å². The number of benzene rings is 1. The fraction of sp³-hybridized carbons (Fsp3) is 0.167. The summed E-state index contributed by atoms with van der Waals surface area (Å²) in [6.45, 7) is 1.72. The molecule has 7 nitrogen and oxygen atoms in total. The van der Waals surface area contributed by atoms with E-state index in [-0.39, 0.29) is 23.1 Å². The lowest BCUT2D eigenvalue weighted by Gasteiger charge is -2.09. The maximum absolute atomic E-state index is 11.0. The van der Waals surface area contributed by atoms with Crippen LogP contribution in [0.15, 0.2) is 29.4 Å². The van der Waals surface area contributed by atoms with E-state index >= 15 is 0 Å². The van der Waals surface area contributed by atoms with Crippen molar-refractivity contribution in [2.24, 2.45) is 0 Å². The first kappa shape index (κ1) is 14.1. The van der Waals surface area contributed by atoms with Gasteiger partial charge in [-0.25, -0.2) is 4.98 Å². The number of nitro benzene ring substituents is 1. The Kier molecular flexibility index (Phi) is 4.04. The molecule has 0 spiro atoms. The van der Waals surface area contributed by atoms with E-state index in [9.17, 15) is 10.1 Å². The van der Waals surface area contributed by atoms with Crippen molar-refractivity contribution < 1.29 is 9.66 Å². The number of thioether (sulfide) groups is 1. The summed E-state index contributed by atoms with van der Waals surface area (Å²) >= 11 is 1.31. The molecule has 2 aromatic rings. The average Bonchev–Trinajstić information content (AvgIpc) is 2.40. The molecule has 0 aliphatic heterocycles. The first-order chi connectivity index (χ1) is 9.51. The maximum Gasteiger partial charge on any atom is 0.311 e. The van der Waals surface area contributed by atoms with Crippen LogP contribution in [0.4, 0.5) is 11.5 Å². The van der Waals surface area contributed by atoms with E-state index < -0.39 is 4.92 Å². The van der Waals surface area contributed by atoms with Crippen molar-refractivity contribution in [2.45, 2.75) is 12.1 Å². The minimum absolute atomic E-state index is 0.118. The van der Waals surface area contributed by atoms with Gasteiger partial charge >= 0.3 is 5.69 Å². The van der Waals surface area contributed by atoms with Crippen LogP contribution >= 0.6 is 11.8 Å². The molecular formula is C12H12N4O3S. The Hall–Kier alpha value is -2.35. The lowest BCUT2D eigenvalue weighted by atomic mass is 10.2. The predicted molar refractivity (Wildman–Crippen MR) is 76.1 cm³/mol. The minimum Gasteiger partial charge on any atom is -0.431 e. The minimum atomic E-state index is -0.498. The third-order valence-corrected chi connectivity index (χ3v) is 3.03. The summed E-state index contributed by atoms with van der Waals surface area (Å²) in [6.07, 6.45) is 1.80. The highest BCUT2D eigenvalue weighted by Crippen LogP contribution is 2.34. The van der Waals surface area contributed by atoms with Gasteiger partial charge in [0, 0.05) is 12.1 Å². The number of rotatable bonds is 4. The smallest absolute Gasteiger partial charge is 0.311 e. The fourth-order valence-corrected chi connectivity index (χ4v) is 1.96. The Morgan fingerprint density at radius 3 is 2.80 bits per heavy atom. The lowest BCUT2D eigenvalue weighted by molar-refractivity contribution is -0.385. The Labute approximate surface area is 119 Å². The third kappa shape index (κ3) is 2.97. The molecule has 2 rings (SSSR count). The van der Waals surface area contributed by atoms with Gasteiger partial charge in [-0.1, -0.05) is 23.9 Å². The molecule has 8 heteroatoms. The number of aryl methyl sites for hydroxylation is 1. The molecular weight excluding hydrogens is 280 g/mol. The second kappa shape index (κ2) is 5.74. The highest BCUT2D eigenvalue weighted by atomic mass is 32.2. The zero-order valence-corrected chi connectivity index (χ0v) is 11.7. The van der Waals surface area contributed by atoms with E-state index in [1.807, 2.05) is 0 Å². The molecule has 1 heterocycles. The number of nitro groups is 1. The Balaban J connectivity index is 2.44. The summed E-state index contributed by atoms with van der Waals surface area (Å²) in [5.41, 5.74) is 6.17. The van der Waals surface area contributed by atoms with Crippen molar-refractivity contribution in [1.82, 2.24) is 9.97 Å².